The Balaban J connectivity index is 2.10. The average molecular weight is 329 g/mol. The molecule has 0 bridgehead atoms. The van der Waals surface area contributed by atoms with Crippen molar-refractivity contribution in [2.45, 2.75) is 6.04 Å². The Kier molecular flexibility index (Phi) is 4.88. The standard InChI is InChI=1S/C13H23N5O3S/c1-16(2)6-11-8-18(22(4,20)21)9-12(11)15-13(19)10-5-14-17(3)7-10/h5,7,11-12H,6,8-9H2,1-4H3,(H,15,19)/t11-,12-/m1/s1. The molecule has 0 saturated carbocycles. The Hall–Kier alpha value is -1.45. The number of amides is 1. The van der Waals surface area contributed by atoms with E-state index in [1.54, 1.807) is 17.9 Å². The monoisotopic (exact) mass is 329 g/mol. The number of carbonyl (C=O) groups is 1. The fourth-order valence-corrected chi connectivity index (χ4v) is 3.60. The first-order valence-corrected chi connectivity index (χ1v) is 8.91. The van der Waals surface area contributed by atoms with Crippen molar-refractivity contribution in [1.82, 2.24) is 24.3 Å². The summed E-state index contributed by atoms with van der Waals surface area (Å²) in [5, 5.41) is 6.92. The van der Waals surface area contributed by atoms with Crippen LogP contribution in [-0.2, 0) is 17.1 Å². The van der Waals surface area contributed by atoms with E-state index >= 15 is 0 Å². The second kappa shape index (κ2) is 6.35. The molecule has 22 heavy (non-hydrogen) atoms. The van der Waals surface area contributed by atoms with Gasteiger partial charge in [0.05, 0.1) is 18.0 Å². The van der Waals surface area contributed by atoms with Gasteiger partial charge in [0.25, 0.3) is 5.91 Å². The second-order valence-corrected chi connectivity index (χ2v) is 8.07. The lowest BCUT2D eigenvalue weighted by Crippen LogP contribution is -2.43. The van der Waals surface area contributed by atoms with Crippen molar-refractivity contribution in [1.29, 1.82) is 0 Å². The molecule has 0 aromatic carbocycles. The molecule has 1 saturated heterocycles. The summed E-state index contributed by atoms with van der Waals surface area (Å²) in [6, 6.07) is -0.204. The SMILES string of the molecule is CN(C)C[C@@H]1CN(S(C)(=O)=O)C[C@H]1NC(=O)c1cnn(C)c1. The number of nitrogens with one attached hydrogen (secondary N) is 1. The lowest BCUT2D eigenvalue weighted by molar-refractivity contribution is 0.0927. The molecule has 1 aromatic rings. The van der Waals surface area contributed by atoms with Gasteiger partial charge in [-0.1, -0.05) is 0 Å². The van der Waals surface area contributed by atoms with Crippen LogP contribution in [0, 0.1) is 5.92 Å². The molecule has 2 atom stereocenters. The summed E-state index contributed by atoms with van der Waals surface area (Å²) in [5.41, 5.74) is 0.476. The zero-order valence-electron chi connectivity index (χ0n) is 13.4. The van der Waals surface area contributed by atoms with Crippen LogP contribution in [-0.4, -0.2) is 79.3 Å². The Morgan fingerprint density at radius 3 is 2.64 bits per heavy atom. The molecule has 1 fully saturated rings. The van der Waals surface area contributed by atoms with E-state index in [1.165, 1.54) is 16.8 Å². The van der Waals surface area contributed by atoms with Crippen molar-refractivity contribution < 1.29 is 13.2 Å². The number of aromatic nitrogens is 2. The highest BCUT2D eigenvalue weighted by Crippen LogP contribution is 2.20. The van der Waals surface area contributed by atoms with Crippen LogP contribution in [0.15, 0.2) is 12.4 Å². The molecule has 8 nitrogen and oxygen atoms in total. The van der Waals surface area contributed by atoms with Gasteiger partial charge >= 0.3 is 0 Å². The largest absolute Gasteiger partial charge is 0.347 e. The fraction of sp³-hybridized carbons (Fsp3) is 0.692. The molecule has 1 aromatic heterocycles. The van der Waals surface area contributed by atoms with Crippen molar-refractivity contribution in [2.24, 2.45) is 13.0 Å². The summed E-state index contributed by atoms with van der Waals surface area (Å²) in [6.45, 7) is 1.45. The first-order valence-electron chi connectivity index (χ1n) is 7.06. The zero-order chi connectivity index (χ0) is 16.5. The van der Waals surface area contributed by atoms with E-state index in [4.69, 9.17) is 0 Å². The van der Waals surface area contributed by atoms with Crippen molar-refractivity contribution in [3.05, 3.63) is 18.0 Å². The smallest absolute Gasteiger partial charge is 0.254 e. The molecule has 124 valence electrons. The van der Waals surface area contributed by atoms with Gasteiger partial charge in [0.1, 0.15) is 0 Å². The third kappa shape index (κ3) is 4.05. The molecule has 0 aliphatic carbocycles. The van der Waals surface area contributed by atoms with E-state index in [2.05, 4.69) is 10.4 Å². The molecule has 1 aliphatic rings. The molecular formula is C13H23N5O3S. The van der Waals surface area contributed by atoms with Gasteiger partial charge in [-0.2, -0.15) is 9.40 Å². The third-order valence-corrected chi connectivity index (χ3v) is 5.00. The number of hydrogen-bond acceptors (Lipinski definition) is 5. The number of aryl methyl sites for hydroxylation is 1. The summed E-state index contributed by atoms with van der Waals surface area (Å²) in [4.78, 5) is 14.3. The maximum absolute atomic E-state index is 12.3. The van der Waals surface area contributed by atoms with Gasteiger partial charge in [0.2, 0.25) is 10.0 Å². The van der Waals surface area contributed by atoms with Crippen LogP contribution in [0.5, 0.6) is 0 Å². The van der Waals surface area contributed by atoms with Crippen LogP contribution in [0.3, 0.4) is 0 Å². The predicted octanol–water partition coefficient (Wildman–Crippen LogP) is -1.03. The van der Waals surface area contributed by atoms with Crippen molar-refractivity contribution >= 4 is 15.9 Å². The highest BCUT2D eigenvalue weighted by Gasteiger charge is 2.38. The van der Waals surface area contributed by atoms with E-state index in [9.17, 15) is 13.2 Å². The number of rotatable bonds is 5. The Labute approximate surface area is 131 Å². The molecule has 9 heteroatoms. The first-order chi connectivity index (χ1) is 10.2. The average Bonchev–Trinajstić information content (AvgIpc) is 2.95. The van der Waals surface area contributed by atoms with Crippen molar-refractivity contribution in [2.75, 3.05) is 40.0 Å². The third-order valence-electron chi connectivity index (χ3n) is 3.76. The van der Waals surface area contributed by atoms with Crippen LogP contribution in [0.25, 0.3) is 0 Å². The maximum atomic E-state index is 12.3. The molecule has 2 rings (SSSR count). The molecular weight excluding hydrogens is 306 g/mol. The lowest BCUT2D eigenvalue weighted by atomic mass is 10.0. The van der Waals surface area contributed by atoms with E-state index < -0.39 is 10.0 Å². The summed E-state index contributed by atoms with van der Waals surface area (Å²) >= 11 is 0. The predicted molar refractivity (Wildman–Crippen MR) is 82.9 cm³/mol. The maximum Gasteiger partial charge on any atom is 0.254 e. The van der Waals surface area contributed by atoms with Crippen LogP contribution >= 0.6 is 0 Å². The molecule has 1 aliphatic heterocycles. The van der Waals surface area contributed by atoms with Crippen LogP contribution in [0.2, 0.25) is 0 Å². The Bertz CT molecular complexity index is 640. The van der Waals surface area contributed by atoms with E-state index in [0.29, 0.717) is 25.2 Å². The number of sulfonamides is 1. The molecule has 0 radical (unpaired) electrons. The Morgan fingerprint density at radius 2 is 2.14 bits per heavy atom. The summed E-state index contributed by atoms with van der Waals surface area (Å²) in [7, 11) is 2.36. The molecule has 1 amide bonds. The van der Waals surface area contributed by atoms with Crippen LogP contribution in [0.1, 0.15) is 10.4 Å². The highest BCUT2D eigenvalue weighted by molar-refractivity contribution is 7.88. The quantitative estimate of drug-likeness (QED) is 0.746. The first kappa shape index (κ1) is 16.9. The van der Waals surface area contributed by atoms with Gasteiger partial charge in [0, 0.05) is 44.8 Å². The van der Waals surface area contributed by atoms with E-state index in [0.717, 1.165) is 0 Å². The van der Waals surface area contributed by atoms with Gasteiger partial charge in [0.15, 0.2) is 0 Å². The topological polar surface area (TPSA) is 87.5 Å². The number of hydrogen-bond donors (Lipinski definition) is 1. The molecule has 0 unspecified atom stereocenters. The van der Waals surface area contributed by atoms with Gasteiger partial charge in [-0.15, -0.1) is 0 Å². The molecule has 0 spiro atoms. The minimum Gasteiger partial charge on any atom is -0.347 e. The zero-order valence-corrected chi connectivity index (χ0v) is 14.2. The second-order valence-electron chi connectivity index (χ2n) is 6.08. The van der Waals surface area contributed by atoms with E-state index in [1.807, 2.05) is 19.0 Å². The normalized spacial score (nSPS) is 23.1. The van der Waals surface area contributed by atoms with Gasteiger partial charge in [-0.25, -0.2) is 8.42 Å². The minimum absolute atomic E-state index is 0.0605. The summed E-state index contributed by atoms with van der Waals surface area (Å²) in [5.74, 6) is -0.164. The van der Waals surface area contributed by atoms with Gasteiger partial charge in [-0.3, -0.25) is 9.48 Å². The minimum atomic E-state index is -3.25. The highest BCUT2D eigenvalue weighted by atomic mass is 32.2. The Morgan fingerprint density at radius 1 is 1.45 bits per heavy atom. The molecule has 1 N–H and O–H groups in total. The fourth-order valence-electron chi connectivity index (χ4n) is 2.71. The van der Waals surface area contributed by atoms with Gasteiger partial charge in [-0.05, 0) is 14.1 Å². The van der Waals surface area contributed by atoms with E-state index in [-0.39, 0.29) is 17.9 Å². The number of nitrogens with zero attached hydrogens (tertiary/aromatic N) is 4. The van der Waals surface area contributed by atoms with Crippen LogP contribution in [0.4, 0.5) is 0 Å². The number of carbonyl (C=O) groups excluding carboxylic acids is 1. The summed E-state index contributed by atoms with van der Waals surface area (Å²) in [6.07, 6.45) is 4.34. The van der Waals surface area contributed by atoms with Gasteiger partial charge < -0.3 is 10.2 Å². The van der Waals surface area contributed by atoms with Crippen molar-refractivity contribution in [3.63, 3.8) is 0 Å². The van der Waals surface area contributed by atoms with Crippen molar-refractivity contribution in [3.8, 4) is 0 Å². The lowest BCUT2D eigenvalue weighted by Gasteiger charge is -2.22. The molecule has 2 heterocycles. The summed E-state index contributed by atoms with van der Waals surface area (Å²) < 4.78 is 26.5. The van der Waals surface area contributed by atoms with Crippen LogP contribution < -0.4 is 5.32 Å².